The van der Waals surface area contributed by atoms with Crippen molar-refractivity contribution < 1.29 is 19.1 Å². The predicted octanol–water partition coefficient (Wildman–Crippen LogP) is 4.42. The maximum Gasteiger partial charge on any atom is 0.410 e. The van der Waals surface area contributed by atoms with Crippen LogP contribution in [0.2, 0.25) is 5.02 Å². The fourth-order valence-corrected chi connectivity index (χ4v) is 5.52. The Hall–Kier alpha value is -3.58. The van der Waals surface area contributed by atoms with E-state index in [1.807, 2.05) is 48.5 Å². The van der Waals surface area contributed by atoms with Gasteiger partial charge in [-0.25, -0.2) is 14.5 Å². The molecule has 0 N–H and O–H groups in total. The van der Waals surface area contributed by atoms with Crippen molar-refractivity contribution in [1.29, 1.82) is 0 Å². The molecular weight excluding hydrogens is 442 g/mol. The van der Waals surface area contributed by atoms with Gasteiger partial charge in [0.2, 0.25) is 0 Å². The Bertz CT molecular complexity index is 1310. The van der Waals surface area contributed by atoms with Crippen molar-refractivity contribution in [2.75, 3.05) is 11.4 Å². The minimum absolute atomic E-state index is 0.0514. The molecule has 0 aliphatic carbocycles. The number of hydrogen-bond acceptors (Lipinski definition) is 4. The summed E-state index contributed by atoms with van der Waals surface area (Å²) < 4.78 is 5.50. The molecular formula is C25H20ClN3O4. The molecule has 3 atom stereocenters. The van der Waals surface area contributed by atoms with Crippen LogP contribution in [0, 0.1) is 0 Å². The summed E-state index contributed by atoms with van der Waals surface area (Å²) in [6.45, 7) is 0.403. The fraction of sp³-hybridized carbons (Fsp3) is 0.240. The molecule has 1 unspecified atom stereocenters. The molecule has 0 saturated carbocycles. The van der Waals surface area contributed by atoms with Crippen molar-refractivity contribution in [1.82, 2.24) is 9.80 Å². The highest BCUT2D eigenvalue weighted by molar-refractivity contribution is 6.31. The molecule has 3 aromatic carbocycles. The van der Waals surface area contributed by atoms with E-state index in [0.29, 0.717) is 29.2 Å². The number of benzene rings is 3. The number of rotatable bonds is 3. The van der Waals surface area contributed by atoms with Gasteiger partial charge in [0.15, 0.2) is 0 Å². The average molecular weight is 462 g/mol. The largest absolute Gasteiger partial charge is 0.444 e. The van der Waals surface area contributed by atoms with Crippen molar-refractivity contribution in [2.24, 2.45) is 0 Å². The smallest absolute Gasteiger partial charge is 0.410 e. The zero-order valence-corrected chi connectivity index (χ0v) is 18.3. The van der Waals surface area contributed by atoms with Gasteiger partial charge in [-0.1, -0.05) is 66.2 Å². The Balaban J connectivity index is 1.25. The molecule has 0 spiro atoms. The topological polar surface area (TPSA) is 70.2 Å². The first-order chi connectivity index (χ1) is 16.0. The highest BCUT2D eigenvalue weighted by Gasteiger charge is 2.63. The van der Waals surface area contributed by atoms with E-state index in [9.17, 15) is 14.4 Å². The normalized spacial score (nSPS) is 23.5. The number of likely N-dealkylation sites (tertiary alicyclic amines) is 1. The number of fused-ring (bicyclic) bond motifs is 6. The van der Waals surface area contributed by atoms with Gasteiger partial charge >= 0.3 is 12.1 Å². The highest BCUT2D eigenvalue weighted by atomic mass is 35.5. The van der Waals surface area contributed by atoms with Crippen LogP contribution < -0.4 is 4.90 Å². The number of halogens is 1. The zero-order chi connectivity index (χ0) is 22.7. The maximum absolute atomic E-state index is 13.5. The van der Waals surface area contributed by atoms with Gasteiger partial charge in [0.05, 0.1) is 17.8 Å². The lowest BCUT2D eigenvalue weighted by Gasteiger charge is -2.34. The predicted molar refractivity (Wildman–Crippen MR) is 123 cm³/mol. The number of hydrogen-bond donors (Lipinski definition) is 0. The van der Waals surface area contributed by atoms with Gasteiger partial charge in [-0.3, -0.25) is 4.79 Å². The van der Waals surface area contributed by atoms with Crippen molar-refractivity contribution in [3.8, 4) is 0 Å². The van der Waals surface area contributed by atoms with E-state index in [1.54, 1.807) is 28.0 Å². The molecule has 7 nitrogen and oxygen atoms in total. The molecule has 2 bridgehead atoms. The van der Waals surface area contributed by atoms with Crippen molar-refractivity contribution in [3.05, 3.63) is 77.3 Å². The second kappa shape index (κ2) is 7.49. The number of nitrogens with zero attached hydrogens (tertiary/aromatic N) is 3. The van der Waals surface area contributed by atoms with Crippen LogP contribution in [0.25, 0.3) is 10.8 Å². The SMILES string of the molecule is O=C1[C@@H]2C3C[C@H](CN3C(=O)OCc3ccccc3Cl)N2C(=O)N1c1cccc2ccccc12. The van der Waals surface area contributed by atoms with Gasteiger partial charge in [-0.15, -0.1) is 0 Å². The monoisotopic (exact) mass is 461 g/mol. The summed E-state index contributed by atoms with van der Waals surface area (Å²) >= 11 is 6.16. The van der Waals surface area contributed by atoms with Crippen molar-refractivity contribution in [3.63, 3.8) is 0 Å². The van der Waals surface area contributed by atoms with Gasteiger partial charge in [0, 0.05) is 22.5 Å². The van der Waals surface area contributed by atoms with E-state index in [4.69, 9.17) is 16.3 Å². The molecule has 3 aromatic rings. The maximum atomic E-state index is 13.5. The standard InChI is InChI=1S/C25H20ClN3O4/c26-19-10-4-2-7-16(19)14-33-25(32)27-13-17-12-21(27)22-23(30)29(24(31)28(17)22)20-11-5-8-15-6-1-3-9-18(15)20/h1-11,17,21-22H,12-14H2/t17-,21?,22+/m1/s1. The Kier molecular flexibility index (Phi) is 4.55. The third-order valence-electron chi connectivity index (χ3n) is 6.82. The van der Waals surface area contributed by atoms with Crippen LogP contribution in [0.5, 0.6) is 0 Å². The Morgan fingerprint density at radius 2 is 1.76 bits per heavy atom. The molecule has 0 aromatic heterocycles. The van der Waals surface area contributed by atoms with E-state index >= 15 is 0 Å². The van der Waals surface area contributed by atoms with E-state index in [0.717, 1.165) is 10.8 Å². The van der Waals surface area contributed by atoms with Crippen molar-refractivity contribution >= 4 is 46.1 Å². The number of imide groups is 1. The number of ether oxygens (including phenoxy) is 1. The molecule has 4 amide bonds. The first-order valence-electron chi connectivity index (χ1n) is 10.9. The quantitative estimate of drug-likeness (QED) is 0.541. The number of amides is 4. The summed E-state index contributed by atoms with van der Waals surface area (Å²) in [5, 5.41) is 2.32. The third kappa shape index (κ3) is 2.99. The number of carbonyl (C=O) groups is 3. The van der Waals surface area contributed by atoms with Crippen LogP contribution >= 0.6 is 11.6 Å². The number of piperazine rings is 1. The summed E-state index contributed by atoms with van der Waals surface area (Å²) in [5.74, 6) is -0.299. The van der Waals surface area contributed by atoms with E-state index in [1.165, 1.54) is 4.90 Å². The average Bonchev–Trinajstić information content (AvgIpc) is 3.49. The summed E-state index contributed by atoms with van der Waals surface area (Å²) in [6, 6.07) is 18.8. The van der Waals surface area contributed by atoms with Crippen LogP contribution in [-0.2, 0) is 16.1 Å². The molecule has 33 heavy (non-hydrogen) atoms. The minimum Gasteiger partial charge on any atom is -0.444 e. The Morgan fingerprint density at radius 3 is 2.61 bits per heavy atom. The summed E-state index contributed by atoms with van der Waals surface area (Å²) in [7, 11) is 0. The molecule has 166 valence electrons. The first-order valence-corrected chi connectivity index (χ1v) is 11.2. The summed E-state index contributed by atoms with van der Waals surface area (Å²) in [6.07, 6.45) is 0.0816. The fourth-order valence-electron chi connectivity index (χ4n) is 5.33. The lowest BCUT2D eigenvalue weighted by molar-refractivity contribution is -0.121. The van der Waals surface area contributed by atoms with Crippen LogP contribution in [-0.4, -0.2) is 52.5 Å². The molecule has 3 fully saturated rings. The molecule has 3 saturated heterocycles. The number of urea groups is 1. The summed E-state index contributed by atoms with van der Waals surface area (Å²) in [5.41, 5.74) is 1.29. The van der Waals surface area contributed by atoms with Crippen LogP contribution in [0.15, 0.2) is 66.7 Å². The van der Waals surface area contributed by atoms with Crippen LogP contribution in [0.1, 0.15) is 12.0 Å². The van der Waals surface area contributed by atoms with Gasteiger partial charge in [0.1, 0.15) is 12.6 Å². The van der Waals surface area contributed by atoms with Gasteiger partial charge in [-0.2, -0.15) is 0 Å². The van der Waals surface area contributed by atoms with Gasteiger partial charge in [-0.05, 0) is 23.9 Å². The molecule has 3 aliphatic heterocycles. The Labute approximate surface area is 195 Å². The lowest BCUT2D eigenvalue weighted by Crippen LogP contribution is -2.54. The Morgan fingerprint density at radius 1 is 1.00 bits per heavy atom. The molecule has 3 heterocycles. The molecule has 8 heteroatoms. The molecule has 3 aliphatic rings. The number of anilines is 1. The van der Waals surface area contributed by atoms with Crippen LogP contribution in [0.4, 0.5) is 15.3 Å². The van der Waals surface area contributed by atoms with E-state index in [-0.39, 0.29) is 24.6 Å². The minimum atomic E-state index is -0.692. The van der Waals surface area contributed by atoms with E-state index < -0.39 is 18.2 Å². The summed E-state index contributed by atoms with van der Waals surface area (Å²) in [4.78, 5) is 44.2. The zero-order valence-electron chi connectivity index (χ0n) is 17.6. The second-order valence-electron chi connectivity index (χ2n) is 8.56. The van der Waals surface area contributed by atoms with Crippen molar-refractivity contribution in [2.45, 2.75) is 31.2 Å². The second-order valence-corrected chi connectivity index (χ2v) is 8.97. The first kappa shape index (κ1) is 20.1. The molecule has 6 rings (SSSR count). The van der Waals surface area contributed by atoms with E-state index in [2.05, 4.69) is 0 Å². The highest BCUT2D eigenvalue weighted by Crippen LogP contribution is 2.43. The third-order valence-corrected chi connectivity index (χ3v) is 7.18. The van der Waals surface area contributed by atoms with Gasteiger partial charge in [0.25, 0.3) is 5.91 Å². The number of carbonyl (C=O) groups excluding carboxylic acids is 3. The van der Waals surface area contributed by atoms with Gasteiger partial charge < -0.3 is 14.5 Å². The molecule has 0 radical (unpaired) electrons. The van der Waals surface area contributed by atoms with Crippen LogP contribution in [0.3, 0.4) is 0 Å². The lowest BCUT2D eigenvalue weighted by atomic mass is 10.1.